The number of halogens is 1. The second-order valence-electron chi connectivity index (χ2n) is 7.28. The number of thiophene rings is 1. The van der Waals surface area contributed by atoms with Crippen LogP contribution in [0.15, 0.2) is 22.5 Å². The predicted molar refractivity (Wildman–Crippen MR) is 129 cm³/mol. The molecule has 2 saturated heterocycles. The van der Waals surface area contributed by atoms with Crippen molar-refractivity contribution in [2.45, 2.75) is 12.5 Å². The van der Waals surface area contributed by atoms with Crippen LogP contribution >= 0.6 is 35.3 Å². The normalized spacial score (nSPS) is 21.8. The Hall–Kier alpha value is -0.460. The van der Waals surface area contributed by atoms with E-state index in [4.69, 9.17) is 14.2 Å². The highest BCUT2D eigenvalue weighted by molar-refractivity contribution is 14.0. The third kappa shape index (κ3) is 7.62. The molecule has 0 aliphatic carbocycles. The van der Waals surface area contributed by atoms with Gasteiger partial charge in [0.2, 0.25) is 0 Å². The molecule has 1 aromatic heterocycles. The van der Waals surface area contributed by atoms with Crippen molar-refractivity contribution in [1.82, 2.24) is 15.1 Å². The average Bonchev–Trinajstić information content (AvgIpc) is 3.42. The molecule has 0 radical (unpaired) electrons. The van der Waals surface area contributed by atoms with Gasteiger partial charge < -0.3 is 24.4 Å². The first-order valence-electron chi connectivity index (χ1n) is 10.2. The number of rotatable bonds is 9. The van der Waals surface area contributed by atoms with E-state index in [-0.39, 0.29) is 24.0 Å². The van der Waals surface area contributed by atoms with E-state index < -0.39 is 0 Å². The van der Waals surface area contributed by atoms with E-state index in [0.717, 1.165) is 64.9 Å². The lowest BCUT2D eigenvalue weighted by atomic mass is 10.1. The third-order valence-corrected chi connectivity index (χ3v) is 6.37. The van der Waals surface area contributed by atoms with E-state index in [0.29, 0.717) is 25.2 Å². The fourth-order valence-corrected chi connectivity index (χ4v) is 4.71. The summed E-state index contributed by atoms with van der Waals surface area (Å²) >= 11 is 1.83. The van der Waals surface area contributed by atoms with Gasteiger partial charge in [0.05, 0.1) is 39.1 Å². The van der Waals surface area contributed by atoms with Crippen LogP contribution in [-0.4, -0.2) is 95.7 Å². The van der Waals surface area contributed by atoms with Crippen molar-refractivity contribution in [2.24, 2.45) is 10.9 Å². The van der Waals surface area contributed by atoms with E-state index in [2.05, 4.69) is 37.6 Å². The monoisotopic (exact) mass is 538 g/mol. The summed E-state index contributed by atoms with van der Waals surface area (Å²) in [7, 11) is 3.58. The molecule has 7 nitrogen and oxygen atoms in total. The van der Waals surface area contributed by atoms with Crippen LogP contribution in [0.2, 0.25) is 0 Å². The zero-order valence-electron chi connectivity index (χ0n) is 17.5. The molecular formula is C20H35IN4O3S. The quantitative estimate of drug-likeness (QED) is 0.226. The number of morpholine rings is 1. The first kappa shape index (κ1) is 24.8. The summed E-state index contributed by atoms with van der Waals surface area (Å²) in [6, 6.07) is 4.73. The van der Waals surface area contributed by atoms with Crippen molar-refractivity contribution in [1.29, 1.82) is 0 Å². The van der Waals surface area contributed by atoms with E-state index in [1.165, 1.54) is 4.88 Å². The van der Waals surface area contributed by atoms with Gasteiger partial charge in [0, 0.05) is 57.7 Å². The Kier molecular flexibility index (Phi) is 11.8. The Balaban J connectivity index is 0.00000300. The van der Waals surface area contributed by atoms with E-state index in [1.54, 1.807) is 7.11 Å². The van der Waals surface area contributed by atoms with E-state index >= 15 is 0 Å². The van der Waals surface area contributed by atoms with Gasteiger partial charge in [0.25, 0.3) is 0 Å². The van der Waals surface area contributed by atoms with Gasteiger partial charge >= 0.3 is 0 Å². The van der Waals surface area contributed by atoms with Crippen LogP contribution in [0.25, 0.3) is 0 Å². The molecule has 3 rings (SSSR count). The van der Waals surface area contributed by atoms with Crippen LogP contribution in [0.1, 0.15) is 17.3 Å². The molecule has 2 aliphatic heterocycles. The summed E-state index contributed by atoms with van der Waals surface area (Å²) in [5.74, 6) is 1.55. The standard InChI is InChI=1S/C20H34N4O3S.HI/c1-21-20(24-6-5-17(15-24)16-27-12-11-25-2)22-14-18(19-4-3-13-28-19)23-7-9-26-10-8-23;/h3-4,13,17-18H,5-12,14-16H2,1-2H3,(H,21,22);1H. The maximum absolute atomic E-state index is 5.72. The van der Waals surface area contributed by atoms with Gasteiger partial charge in [0.15, 0.2) is 5.96 Å². The number of methoxy groups -OCH3 is 1. The Bertz CT molecular complexity index is 584. The summed E-state index contributed by atoms with van der Waals surface area (Å²) in [4.78, 5) is 10.8. The number of hydrogen-bond donors (Lipinski definition) is 1. The van der Waals surface area contributed by atoms with Gasteiger partial charge in [0.1, 0.15) is 0 Å². The highest BCUT2D eigenvalue weighted by Crippen LogP contribution is 2.25. The number of nitrogens with one attached hydrogen (secondary N) is 1. The molecule has 3 heterocycles. The van der Waals surface area contributed by atoms with E-state index in [1.807, 2.05) is 18.4 Å². The lowest BCUT2D eigenvalue weighted by molar-refractivity contribution is 0.0176. The molecule has 0 aromatic carbocycles. The van der Waals surface area contributed by atoms with Gasteiger partial charge in [-0.25, -0.2) is 0 Å². The summed E-state index contributed by atoms with van der Waals surface area (Å²) in [5.41, 5.74) is 0. The molecule has 2 atom stereocenters. The van der Waals surface area contributed by atoms with Gasteiger partial charge in [-0.2, -0.15) is 0 Å². The van der Waals surface area contributed by atoms with Gasteiger partial charge in [-0.15, -0.1) is 35.3 Å². The predicted octanol–water partition coefficient (Wildman–Crippen LogP) is 2.30. The second-order valence-corrected chi connectivity index (χ2v) is 8.26. The second kappa shape index (κ2) is 13.8. The minimum atomic E-state index is 0. The SMILES string of the molecule is CN=C(NCC(c1cccs1)N1CCOCC1)N1CCC(COCCOC)C1.I. The maximum Gasteiger partial charge on any atom is 0.193 e. The Morgan fingerprint density at radius 1 is 1.34 bits per heavy atom. The first-order valence-corrected chi connectivity index (χ1v) is 11.1. The molecule has 0 amide bonds. The summed E-state index contributed by atoms with van der Waals surface area (Å²) in [6.07, 6.45) is 1.14. The van der Waals surface area contributed by atoms with Crippen molar-refractivity contribution in [3.8, 4) is 0 Å². The third-order valence-electron chi connectivity index (χ3n) is 5.39. The molecule has 1 aromatic rings. The fraction of sp³-hybridized carbons (Fsp3) is 0.750. The summed E-state index contributed by atoms with van der Waals surface area (Å²) in [6.45, 7) is 8.59. The van der Waals surface area contributed by atoms with Crippen molar-refractivity contribution < 1.29 is 14.2 Å². The van der Waals surface area contributed by atoms with Crippen molar-refractivity contribution in [2.75, 3.05) is 79.9 Å². The lowest BCUT2D eigenvalue weighted by Gasteiger charge is -2.35. The van der Waals surface area contributed by atoms with Gasteiger partial charge in [-0.05, 0) is 17.9 Å². The molecule has 1 N–H and O–H groups in total. The number of hydrogen-bond acceptors (Lipinski definition) is 6. The molecule has 9 heteroatoms. The smallest absolute Gasteiger partial charge is 0.193 e. The molecular weight excluding hydrogens is 503 g/mol. The Morgan fingerprint density at radius 3 is 2.86 bits per heavy atom. The van der Waals surface area contributed by atoms with Crippen LogP contribution < -0.4 is 5.32 Å². The summed E-state index contributed by atoms with van der Waals surface area (Å²) < 4.78 is 16.3. The topological polar surface area (TPSA) is 58.6 Å². The highest BCUT2D eigenvalue weighted by Gasteiger charge is 2.27. The van der Waals surface area contributed by atoms with Crippen molar-refractivity contribution >= 4 is 41.3 Å². The highest BCUT2D eigenvalue weighted by atomic mass is 127. The average molecular weight is 538 g/mol. The molecule has 166 valence electrons. The maximum atomic E-state index is 5.72. The van der Waals surface area contributed by atoms with Gasteiger partial charge in [-0.1, -0.05) is 6.07 Å². The van der Waals surface area contributed by atoms with Crippen molar-refractivity contribution in [3.63, 3.8) is 0 Å². The van der Waals surface area contributed by atoms with E-state index in [9.17, 15) is 0 Å². The number of likely N-dealkylation sites (tertiary alicyclic amines) is 1. The van der Waals surface area contributed by atoms with Crippen LogP contribution in [0, 0.1) is 5.92 Å². The number of ether oxygens (including phenoxy) is 3. The Morgan fingerprint density at radius 2 is 2.17 bits per heavy atom. The van der Waals surface area contributed by atoms with Crippen LogP contribution in [-0.2, 0) is 14.2 Å². The van der Waals surface area contributed by atoms with Crippen LogP contribution in [0.4, 0.5) is 0 Å². The van der Waals surface area contributed by atoms with Crippen LogP contribution in [0.5, 0.6) is 0 Å². The number of aliphatic imine (C=N–C) groups is 1. The van der Waals surface area contributed by atoms with Gasteiger partial charge in [-0.3, -0.25) is 9.89 Å². The lowest BCUT2D eigenvalue weighted by Crippen LogP contribution is -2.47. The minimum Gasteiger partial charge on any atom is -0.382 e. The molecule has 2 fully saturated rings. The number of nitrogens with zero attached hydrogens (tertiary/aromatic N) is 3. The molecule has 2 unspecified atom stereocenters. The first-order chi connectivity index (χ1) is 13.8. The molecule has 29 heavy (non-hydrogen) atoms. The molecule has 0 saturated carbocycles. The molecule has 0 spiro atoms. The molecule has 0 bridgehead atoms. The Labute approximate surface area is 195 Å². The fourth-order valence-electron chi connectivity index (χ4n) is 3.85. The zero-order chi connectivity index (χ0) is 19.6. The number of guanidine groups is 1. The largest absolute Gasteiger partial charge is 0.382 e. The zero-order valence-corrected chi connectivity index (χ0v) is 20.7. The van der Waals surface area contributed by atoms with Crippen molar-refractivity contribution in [3.05, 3.63) is 22.4 Å². The minimum absolute atomic E-state index is 0. The van der Waals surface area contributed by atoms with Crippen LogP contribution in [0.3, 0.4) is 0 Å². The molecule has 2 aliphatic rings. The summed E-state index contributed by atoms with van der Waals surface area (Å²) in [5, 5.41) is 5.79.